The number of aliphatic hydroxyl groups excluding tert-OH is 1. The molecule has 3 rings (SSSR count). The van der Waals surface area contributed by atoms with E-state index in [1.165, 1.54) is 12.0 Å². The quantitative estimate of drug-likeness (QED) is 0.403. The molecule has 1 N–H and O–H groups in total. The van der Waals surface area contributed by atoms with Crippen molar-refractivity contribution in [2.24, 2.45) is 17.8 Å². The van der Waals surface area contributed by atoms with Gasteiger partial charge in [-0.05, 0) is 24.0 Å². The van der Waals surface area contributed by atoms with E-state index in [1.807, 2.05) is 6.08 Å². The Balaban J connectivity index is 2.12. The minimum Gasteiger partial charge on any atom is -0.388 e. The van der Waals surface area contributed by atoms with E-state index in [0.29, 0.717) is 17.8 Å². The van der Waals surface area contributed by atoms with E-state index in [1.54, 1.807) is 0 Å². The summed E-state index contributed by atoms with van der Waals surface area (Å²) >= 11 is 0. The van der Waals surface area contributed by atoms with E-state index in [9.17, 15) is 5.11 Å². The molecule has 1 saturated carbocycles. The van der Waals surface area contributed by atoms with Gasteiger partial charge in [0.15, 0.2) is 0 Å². The second kappa shape index (κ2) is 1.69. The highest BCUT2D eigenvalue weighted by atomic mass is 16.3. The topological polar surface area (TPSA) is 20.2 Å². The van der Waals surface area contributed by atoms with Crippen molar-refractivity contribution in [2.75, 3.05) is 0 Å². The lowest BCUT2D eigenvalue weighted by Gasteiger charge is -2.18. The molecule has 0 aliphatic heterocycles. The first-order valence-electron chi connectivity index (χ1n) is 4.19. The van der Waals surface area contributed by atoms with Crippen LogP contribution in [0.25, 0.3) is 0 Å². The zero-order valence-electron chi connectivity index (χ0n) is 6.20. The molecule has 3 aliphatic rings. The molecule has 11 heavy (non-hydrogen) atoms. The van der Waals surface area contributed by atoms with Crippen LogP contribution in [-0.2, 0) is 0 Å². The van der Waals surface area contributed by atoms with Crippen LogP contribution in [0.15, 0.2) is 29.5 Å². The van der Waals surface area contributed by atoms with E-state index in [2.05, 4.69) is 17.9 Å². The number of aliphatic hydroxyl groups is 1. The Morgan fingerprint density at radius 1 is 1.45 bits per heavy atom. The van der Waals surface area contributed by atoms with Crippen molar-refractivity contribution in [1.29, 1.82) is 0 Å². The molecule has 0 spiro atoms. The van der Waals surface area contributed by atoms with E-state index in [0.717, 1.165) is 0 Å². The molecule has 0 amide bonds. The maximum atomic E-state index is 9.55. The Labute approximate surface area is 65.7 Å². The van der Waals surface area contributed by atoms with E-state index < -0.39 is 0 Å². The van der Waals surface area contributed by atoms with Gasteiger partial charge in [0.2, 0.25) is 0 Å². The summed E-state index contributed by atoms with van der Waals surface area (Å²) in [6.45, 7) is 0. The first-order valence-corrected chi connectivity index (χ1v) is 4.19. The van der Waals surface area contributed by atoms with Crippen LogP contribution >= 0.6 is 0 Å². The minimum atomic E-state index is -0.245. The summed E-state index contributed by atoms with van der Waals surface area (Å²) in [5.41, 5.74) is 4.54. The van der Waals surface area contributed by atoms with Gasteiger partial charge in [-0.15, -0.1) is 5.73 Å². The van der Waals surface area contributed by atoms with Gasteiger partial charge in [0, 0.05) is 11.8 Å². The van der Waals surface area contributed by atoms with Crippen molar-refractivity contribution in [3.8, 4) is 0 Å². The van der Waals surface area contributed by atoms with Gasteiger partial charge in [0.1, 0.15) is 0 Å². The Morgan fingerprint density at radius 3 is 3.18 bits per heavy atom. The lowest BCUT2D eigenvalue weighted by atomic mass is 9.88. The summed E-state index contributed by atoms with van der Waals surface area (Å²) in [6, 6.07) is 0. The third-order valence-corrected chi connectivity index (χ3v) is 3.13. The molecule has 0 radical (unpaired) electrons. The Bertz CT molecular complexity index is 294. The molecule has 1 fully saturated rings. The third-order valence-electron chi connectivity index (χ3n) is 3.13. The Hall–Kier alpha value is -0.780. The summed E-state index contributed by atoms with van der Waals surface area (Å²) in [5, 5.41) is 9.55. The maximum absolute atomic E-state index is 9.55. The van der Waals surface area contributed by atoms with Gasteiger partial charge < -0.3 is 5.11 Å². The van der Waals surface area contributed by atoms with Crippen molar-refractivity contribution < 1.29 is 5.11 Å². The number of allylic oxidation sites excluding steroid dienone is 2. The standard InChI is InChI=1S/C10H10O/c11-9-4-3-8-6-1-2-7(5-6)10(8)9/h1-2,4,6-7,9-11H,5H2/t6?,7?,9-,10?/m1/s1. The van der Waals surface area contributed by atoms with Gasteiger partial charge in [-0.25, -0.2) is 0 Å². The fourth-order valence-electron chi connectivity index (χ4n) is 2.63. The smallest absolute Gasteiger partial charge is 0.0871 e. The lowest BCUT2D eigenvalue weighted by Crippen LogP contribution is -2.20. The van der Waals surface area contributed by atoms with Gasteiger partial charge in [-0.3, -0.25) is 0 Å². The summed E-state index contributed by atoms with van der Waals surface area (Å²) in [6.07, 6.45) is 7.30. The minimum absolute atomic E-state index is 0.245. The van der Waals surface area contributed by atoms with Crippen molar-refractivity contribution in [3.05, 3.63) is 29.5 Å². The molecule has 0 aromatic carbocycles. The summed E-state index contributed by atoms with van der Waals surface area (Å²) in [5.74, 6) is 1.61. The van der Waals surface area contributed by atoms with Crippen LogP contribution in [0.1, 0.15) is 6.42 Å². The SMILES string of the molecule is O[C@@H]1C=C=C2C3C=CC(C3)C21. The molecule has 2 bridgehead atoms. The molecule has 3 unspecified atom stereocenters. The molecule has 3 aliphatic carbocycles. The molecule has 56 valence electrons. The third kappa shape index (κ3) is 0.563. The molecular weight excluding hydrogens is 136 g/mol. The molecule has 0 aromatic rings. The molecule has 1 nitrogen and oxygen atoms in total. The first-order chi connectivity index (χ1) is 5.36. The number of fused-ring (bicyclic) bond motifs is 5. The molecule has 0 heterocycles. The van der Waals surface area contributed by atoms with Gasteiger partial charge in [-0.2, -0.15) is 0 Å². The van der Waals surface area contributed by atoms with Gasteiger partial charge in [0.25, 0.3) is 0 Å². The van der Waals surface area contributed by atoms with Crippen LogP contribution in [0.3, 0.4) is 0 Å². The summed E-state index contributed by atoms with van der Waals surface area (Å²) in [4.78, 5) is 0. The van der Waals surface area contributed by atoms with Gasteiger partial charge >= 0.3 is 0 Å². The number of hydrogen-bond acceptors (Lipinski definition) is 1. The molecular formula is C10H10O. The van der Waals surface area contributed by atoms with Crippen molar-refractivity contribution in [2.45, 2.75) is 12.5 Å². The van der Waals surface area contributed by atoms with Crippen LogP contribution in [-0.4, -0.2) is 11.2 Å². The first kappa shape index (κ1) is 5.82. The fraction of sp³-hybridized carbons (Fsp3) is 0.500. The zero-order valence-corrected chi connectivity index (χ0v) is 6.20. The van der Waals surface area contributed by atoms with Crippen LogP contribution in [0.2, 0.25) is 0 Å². The number of hydrogen-bond donors (Lipinski definition) is 1. The Kier molecular flexibility index (Phi) is 0.892. The summed E-state index contributed by atoms with van der Waals surface area (Å²) < 4.78 is 0. The molecule has 0 saturated heterocycles. The second-order valence-corrected chi connectivity index (χ2v) is 3.67. The Morgan fingerprint density at radius 2 is 2.36 bits per heavy atom. The van der Waals surface area contributed by atoms with Gasteiger partial charge in [0.05, 0.1) is 6.10 Å². The maximum Gasteiger partial charge on any atom is 0.0871 e. The van der Waals surface area contributed by atoms with E-state index >= 15 is 0 Å². The second-order valence-electron chi connectivity index (χ2n) is 3.67. The van der Waals surface area contributed by atoms with Crippen LogP contribution in [0.4, 0.5) is 0 Å². The molecule has 0 aromatic heterocycles. The highest BCUT2D eigenvalue weighted by Crippen LogP contribution is 2.50. The molecule has 4 atom stereocenters. The average molecular weight is 146 g/mol. The largest absolute Gasteiger partial charge is 0.388 e. The predicted octanol–water partition coefficient (Wildman–Crippen LogP) is 1.26. The highest BCUT2D eigenvalue weighted by molar-refractivity contribution is 5.35. The number of rotatable bonds is 0. The average Bonchev–Trinajstić information content (AvgIpc) is 2.60. The van der Waals surface area contributed by atoms with Crippen LogP contribution in [0.5, 0.6) is 0 Å². The molecule has 1 heteroatoms. The van der Waals surface area contributed by atoms with Crippen molar-refractivity contribution >= 4 is 0 Å². The zero-order chi connectivity index (χ0) is 7.42. The van der Waals surface area contributed by atoms with Crippen molar-refractivity contribution in [3.63, 3.8) is 0 Å². The lowest BCUT2D eigenvalue weighted by molar-refractivity contribution is 0.163. The van der Waals surface area contributed by atoms with Crippen LogP contribution in [0, 0.1) is 17.8 Å². The highest BCUT2D eigenvalue weighted by Gasteiger charge is 2.44. The normalized spacial score (nSPS) is 50.1. The predicted molar refractivity (Wildman–Crippen MR) is 41.8 cm³/mol. The summed E-state index contributed by atoms with van der Waals surface area (Å²) in [7, 11) is 0. The van der Waals surface area contributed by atoms with E-state index in [4.69, 9.17) is 0 Å². The fourth-order valence-corrected chi connectivity index (χ4v) is 2.63. The van der Waals surface area contributed by atoms with Crippen molar-refractivity contribution in [1.82, 2.24) is 0 Å². The monoisotopic (exact) mass is 146 g/mol. The van der Waals surface area contributed by atoms with E-state index in [-0.39, 0.29) is 6.10 Å². The van der Waals surface area contributed by atoms with Gasteiger partial charge in [-0.1, -0.05) is 12.2 Å². The van der Waals surface area contributed by atoms with Crippen LogP contribution < -0.4 is 0 Å².